The first-order valence-corrected chi connectivity index (χ1v) is 39.3. The van der Waals surface area contributed by atoms with E-state index in [1.165, 1.54) is 36.8 Å². The lowest BCUT2D eigenvalue weighted by Gasteiger charge is -2.30. The number of nitrogens with two attached hydrogens (primary N) is 5. The lowest BCUT2D eigenvalue weighted by molar-refractivity contribution is -0.141. The van der Waals surface area contributed by atoms with Crippen molar-refractivity contribution in [3.05, 3.63) is 84.1 Å². The number of unbranched alkanes of at least 4 members (excludes halogenated alkanes) is 1. The van der Waals surface area contributed by atoms with Crippen LogP contribution < -0.4 is 92.5 Å². The van der Waals surface area contributed by atoms with E-state index in [1.807, 2.05) is 0 Å². The van der Waals surface area contributed by atoms with E-state index in [0.717, 1.165) is 6.92 Å². The summed E-state index contributed by atoms with van der Waals surface area (Å²) in [6.45, 7) is 13.9. The quantitative estimate of drug-likeness (QED) is 0.00879. The number of hydrogen-bond donors (Lipinski definition) is 24. The van der Waals surface area contributed by atoms with Crippen molar-refractivity contribution in [1.82, 2.24) is 78.8 Å². The Kier molecular flexibility index (Phi) is 41.2. The summed E-state index contributed by atoms with van der Waals surface area (Å²) < 4.78 is 0. The second kappa shape index (κ2) is 49.1. The minimum atomic E-state index is -1.92. The first kappa shape index (κ1) is 97.4. The Morgan fingerprint density at radius 3 is 1.45 bits per heavy atom. The molecule has 13 amide bonds. The number of primary amides is 1. The molecule has 116 heavy (non-hydrogen) atoms. The van der Waals surface area contributed by atoms with Crippen LogP contribution in [-0.2, 0) is 86.4 Å². The van der Waals surface area contributed by atoms with Crippen molar-refractivity contribution in [3.8, 4) is 5.75 Å². The van der Waals surface area contributed by atoms with Gasteiger partial charge < -0.3 is 123 Å². The van der Waals surface area contributed by atoms with Crippen molar-refractivity contribution < 1.29 is 87.5 Å². The number of nitrogens with one attached hydrogen (secondary N) is 14. The molecule has 0 aliphatic carbocycles. The summed E-state index contributed by atoms with van der Waals surface area (Å²) in [5, 5.41) is 73.1. The number of hydrogen-bond acceptors (Lipinski definition) is 22. The number of para-hydroxylation sites is 1. The summed E-state index contributed by atoms with van der Waals surface area (Å²) in [5.74, 6) is -16.3. The summed E-state index contributed by atoms with van der Waals surface area (Å²) in [4.78, 5) is 210. The lowest BCUT2D eigenvalue weighted by atomic mass is 9.96. The van der Waals surface area contributed by atoms with E-state index >= 15 is 4.79 Å². The Morgan fingerprint density at radius 1 is 0.517 bits per heavy atom. The van der Waals surface area contributed by atoms with Gasteiger partial charge in [-0.15, -0.1) is 0 Å². The molecule has 0 aliphatic rings. The van der Waals surface area contributed by atoms with Crippen LogP contribution in [-0.4, -0.2) is 234 Å². The first-order chi connectivity index (χ1) is 54.8. The highest BCUT2D eigenvalue weighted by atomic mass is 32.1. The number of amides is 13. The highest BCUT2D eigenvalue weighted by molar-refractivity contribution is 7.80. The van der Waals surface area contributed by atoms with Crippen molar-refractivity contribution in [1.29, 1.82) is 0 Å². The molecule has 0 bridgehead atoms. The zero-order valence-corrected chi connectivity index (χ0v) is 67.9. The summed E-state index contributed by atoms with van der Waals surface area (Å²) >= 11 is 4.04. The predicted octanol–water partition coefficient (Wildman–Crippen LogP) is -3.60. The Bertz CT molecular complexity index is 3950. The van der Waals surface area contributed by atoms with Crippen molar-refractivity contribution in [3.63, 3.8) is 0 Å². The topological polar surface area (TPSA) is 651 Å². The number of aliphatic hydroxyl groups excluding tert-OH is 2. The number of aliphatic imine (C=N–C) groups is 1. The summed E-state index contributed by atoms with van der Waals surface area (Å²) in [6.07, 6.45) is 2.10. The van der Waals surface area contributed by atoms with E-state index in [9.17, 15) is 82.8 Å². The number of fused-ring (bicyclic) bond motifs is 1. The fraction of sp³-hybridized carbons (Fsp3) is 0.579. The molecule has 2 heterocycles. The normalized spacial score (nSPS) is 15.2. The molecule has 0 radical (unpaired) electrons. The molecule has 2 aromatic heterocycles. The number of carboxylic acid groups (broad SMARTS) is 1. The Hall–Kier alpha value is -11.0. The van der Waals surface area contributed by atoms with Gasteiger partial charge in [-0.3, -0.25) is 67.3 Å². The second-order valence-corrected chi connectivity index (χ2v) is 30.4. The molecule has 15 atom stereocenters. The molecule has 642 valence electrons. The number of aromatic hydroxyl groups is 1. The molecule has 4 aromatic rings. The monoisotopic (exact) mass is 1650 g/mol. The smallest absolute Gasteiger partial charge is 0.327 e. The van der Waals surface area contributed by atoms with Crippen molar-refractivity contribution in [2.45, 2.75) is 230 Å². The van der Waals surface area contributed by atoms with Crippen molar-refractivity contribution in [2.24, 2.45) is 57.3 Å². The van der Waals surface area contributed by atoms with Gasteiger partial charge in [-0.05, 0) is 118 Å². The van der Waals surface area contributed by atoms with Crippen LogP contribution in [0.15, 0.2) is 72.2 Å². The maximum atomic E-state index is 15.1. The van der Waals surface area contributed by atoms with Crippen LogP contribution in [0.3, 0.4) is 0 Å². The van der Waals surface area contributed by atoms with Gasteiger partial charge in [0.25, 0.3) is 0 Å². The molecular formula is C76H119N21O18S. The number of guanidine groups is 1. The fourth-order valence-corrected chi connectivity index (χ4v) is 12.5. The van der Waals surface area contributed by atoms with E-state index in [2.05, 4.69) is 96.4 Å². The summed E-state index contributed by atoms with van der Waals surface area (Å²) in [7, 11) is 0. The van der Waals surface area contributed by atoms with Gasteiger partial charge in [0.2, 0.25) is 76.8 Å². The van der Waals surface area contributed by atoms with Crippen molar-refractivity contribution >= 4 is 112 Å². The van der Waals surface area contributed by atoms with Gasteiger partial charge in [-0.1, -0.05) is 92.1 Å². The molecule has 28 N–H and O–H groups in total. The van der Waals surface area contributed by atoms with Crippen molar-refractivity contribution in [2.75, 3.05) is 25.4 Å². The number of aromatic nitrogens is 3. The zero-order valence-electron chi connectivity index (χ0n) is 67.0. The molecule has 0 aliphatic heterocycles. The van der Waals surface area contributed by atoms with Gasteiger partial charge in [0.15, 0.2) is 5.96 Å². The van der Waals surface area contributed by atoms with Gasteiger partial charge in [0.1, 0.15) is 78.3 Å². The average molecular weight is 1650 g/mol. The molecular weight excluding hydrogens is 1530 g/mol. The molecule has 0 saturated heterocycles. The summed E-state index contributed by atoms with van der Waals surface area (Å²) in [6, 6.07) is -7.15. The third-order valence-corrected chi connectivity index (χ3v) is 19.1. The fourth-order valence-electron chi connectivity index (χ4n) is 12.3. The predicted molar refractivity (Wildman–Crippen MR) is 432 cm³/mol. The maximum Gasteiger partial charge on any atom is 0.327 e. The molecule has 40 heteroatoms. The molecule has 0 spiro atoms. The van der Waals surface area contributed by atoms with Gasteiger partial charge in [-0.25, -0.2) is 9.78 Å². The number of carbonyl (C=O) groups excluding carboxylic acids is 13. The third-order valence-electron chi connectivity index (χ3n) is 18.8. The van der Waals surface area contributed by atoms with E-state index in [1.54, 1.807) is 85.9 Å². The van der Waals surface area contributed by atoms with Crippen LogP contribution in [0.2, 0.25) is 0 Å². The SMILES string of the molecule is CC[C@H](C)[C@H](NC(=O)[C@H](CC(N)=O)NC(=O)[C@H](CC(C)C)NC(=O)[C@@H](N)Cc1cnc[nH]1)C(=O)N[C@@H](CC(C)C)C(=O)N[C@@H](CO)C(=O)N[C@H](C(=O)N[C@@H](CC(C)C)C(=O)N[C@@H](Cc1c[nH]c2ccccc12)C(=O)N[C@@H](CCCCN)C(=O)N[C@@H](Cc1ccc(O)cc1)C(=O)N[C@@H](CCCN=C(N)N)C(=O)N[C@@H](CS)C(=O)O)[C@@H](C)O. The number of carbonyl (C=O) groups is 14. The number of aliphatic carboxylic acids is 1. The number of nitrogens with zero attached hydrogens (tertiary/aromatic N) is 2. The minimum absolute atomic E-state index is 0.00437. The lowest BCUT2D eigenvalue weighted by Crippen LogP contribution is -2.63. The number of aromatic amines is 2. The van der Waals surface area contributed by atoms with Gasteiger partial charge in [-0.2, -0.15) is 12.6 Å². The van der Waals surface area contributed by atoms with Crippen LogP contribution >= 0.6 is 12.6 Å². The number of imidazole rings is 1. The number of carboxylic acids is 1. The highest BCUT2D eigenvalue weighted by Gasteiger charge is 2.40. The summed E-state index contributed by atoms with van der Waals surface area (Å²) in [5.41, 5.74) is 30.7. The number of phenolic OH excluding ortho intramolecular Hbond substituents is 1. The van der Waals surface area contributed by atoms with Crippen LogP contribution in [0.4, 0.5) is 0 Å². The first-order valence-electron chi connectivity index (χ1n) is 38.7. The molecule has 39 nitrogen and oxygen atoms in total. The zero-order chi connectivity index (χ0) is 86.6. The van der Waals surface area contributed by atoms with Gasteiger partial charge in [0, 0.05) is 60.6 Å². The van der Waals surface area contributed by atoms with Crippen LogP contribution in [0.25, 0.3) is 10.9 Å². The van der Waals surface area contributed by atoms with E-state index in [-0.39, 0.29) is 119 Å². The molecule has 4 rings (SSSR count). The number of H-pyrrole nitrogens is 2. The Morgan fingerprint density at radius 2 is 0.966 bits per heavy atom. The molecule has 0 saturated carbocycles. The van der Waals surface area contributed by atoms with E-state index in [0.29, 0.717) is 34.1 Å². The molecule has 0 fully saturated rings. The van der Waals surface area contributed by atoms with Crippen LogP contribution in [0, 0.1) is 23.7 Å². The molecule has 2 aromatic carbocycles. The number of benzene rings is 2. The largest absolute Gasteiger partial charge is 0.508 e. The average Bonchev–Trinajstić information content (AvgIpc) is 1.66. The minimum Gasteiger partial charge on any atom is -0.508 e. The van der Waals surface area contributed by atoms with E-state index < -0.39 is 186 Å². The number of aliphatic hydroxyl groups is 2. The van der Waals surface area contributed by atoms with E-state index in [4.69, 9.17) is 28.7 Å². The highest BCUT2D eigenvalue weighted by Crippen LogP contribution is 2.22. The van der Waals surface area contributed by atoms with Crippen LogP contribution in [0.5, 0.6) is 5.75 Å². The van der Waals surface area contributed by atoms with Gasteiger partial charge in [0.05, 0.1) is 31.5 Å². The van der Waals surface area contributed by atoms with Crippen LogP contribution in [0.1, 0.15) is 143 Å². The standard InChI is InChI=1S/C76H119N21O18S/c1-10-41(8)61(96-71(110)57(32-60(79)101)91-66(105)52(26-38(2)3)88-63(102)48(78)31-45-34-82-37-85-45)73(112)92-54(28-40(6)7)68(107)94-58(35-98)72(111)97-62(42(9)99)74(113)93-53(27-39(4)5)67(106)90-56(30-44-33-84-49-17-12-11-16-47(44)49)70(109)86-50(18-13-14-24-77)64(103)89-55(29-43-20-22-46(100)23-21-43)69(108)87-51(19-15-25-83-76(80)81)65(104)95-59(36-116)75(114)115/h11-12,16-17,20-23,33-34,37-42,48,50-59,61-62,84,98-100,116H,10,13-15,18-19,24-32,35-36,77-78H2,1-9H3,(H2,79,101)(H,82,85)(H,86,109)(H,87,108)(H,88,102)(H,89,103)(H,90,106)(H,91,105)(H,92,112)(H,93,113)(H,94,107)(H,95,104)(H,96,110)(H,97,111)(H,114,115)(H4,80,81,83)/t41-,42+,48-,50-,51-,52-,53-,54-,55-,56-,57-,58-,59-,61-,62-/m0/s1. The number of thiol groups is 1. The Labute approximate surface area is 678 Å². The van der Waals surface area contributed by atoms with Gasteiger partial charge >= 0.3 is 5.97 Å². The number of rotatable bonds is 52. The molecule has 0 unspecified atom stereocenters. The third kappa shape index (κ3) is 33.1. The second-order valence-electron chi connectivity index (χ2n) is 30.0. The Balaban J connectivity index is 1.62. The maximum absolute atomic E-state index is 15.1. The number of phenols is 1.